The van der Waals surface area contributed by atoms with Crippen LogP contribution in [0.1, 0.15) is 51.0 Å². The Hall–Kier alpha value is -1.06. The van der Waals surface area contributed by atoms with Crippen LogP contribution in [0.25, 0.3) is 0 Å². The molecule has 0 saturated carbocycles. The van der Waals surface area contributed by atoms with Crippen LogP contribution in [0.4, 0.5) is 0 Å². The quantitative estimate of drug-likeness (QED) is 0.896. The lowest BCUT2D eigenvalue weighted by atomic mass is 9.89. The number of hydrogen-bond donors (Lipinski definition) is 1. The lowest BCUT2D eigenvalue weighted by molar-refractivity contribution is -0.134. The van der Waals surface area contributed by atoms with Gasteiger partial charge in [0.05, 0.1) is 6.04 Å². The predicted octanol–water partition coefficient (Wildman–Crippen LogP) is 3.81. The molecule has 2 rings (SSSR count). The second kappa shape index (κ2) is 7.98. The summed E-state index contributed by atoms with van der Waals surface area (Å²) in [6.45, 7) is 5.90. The highest BCUT2D eigenvalue weighted by molar-refractivity contribution is 6.30. The third-order valence-electron chi connectivity index (χ3n) is 4.82. The minimum atomic E-state index is -0.345. The van der Waals surface area contributed by atoms with E-state index < -0.39 is 0 Å². The van der Waals surface area contributed by atoms with E-state index in [-0.39, 0.29) is 11.9 Å². The van der Waals surface area contributed by atoms with Gasteiger partial charge in [-0.25, -0.2) is 0 Å². The van der Waals surface area contributed by atoms with Crippen molar-refractivity contribution >= 4 is 17.5 Å². The van der Waals surface area contributed by atoms with Gasteiger partial charge in [-0.05, 0) is 48.8 Å². The molecule has 0 aliphatic carbocycles. The maximum Gasteiger partial charge on any atom is 0.239 e. The first-order chi connectivity index (χ1) is 10.5. The van der Waals surface area contributed by atoms with Gasteiger partial charge in [0.25, 0.3) is 0 Å². The molecule has 3 nitrogen and oxygen atoms in total. The summed E-state index contributed by atoms with van der Waals surface area (Å²) in [5, 5.41) is 0.771. The van der Waals surface area contributed by atoms with Gasteiger partial charge < -0.3 is 10.6 Å². The molecule has 1 amide bonds. The Kier molecular flexibility index (Phi) is 6.27. The van der Waals surface area contributed by atoms with E-state index in [0.717, 1.165) is 43.8 Å². The van der Waals surface area contributed by atoms with Crippen LogP contribution in [0.15, 0.2) is 24.3 Å². The monoisotopic (exact) mass is 322 g/mol. The van der Waals surface area contributed by atoms with E-state index in [1.54, 1.807) is 0 Å². The first-order valence-corrected chi connectivity index (χ1v) is 8.68. The third-order valence-corrected chi connectivity index (χ3v) is 5.07. The molecule has 122 valence electrons. The van der Waals surface area contributed by atoms with Crippen molar-refractivity contribution in [1.82, 2.24) is 4.90 Å². The molecular weight excluding hydrogens is 296 g/mol. The van der Waals surface area contributed by atoms with Gasteiger partial charge in [-0.1, -0.05) is 44.0 Å². The number of nitrogens with zero attached hydrogens (tertiary/aromatic N) is 1. The normalized spacial score (nSPS) is 19.0. The van der Waals surface area contributed by atoms with Crippen LogP contribution >= 0.6 is 11.6 Å². The molecule has 1 aromatic rings. The lowest BCUT2D eigenvalue weighted by Gasteiger charge is -2.34. The molecule has 1 aliphatic rings. The summed E-state index contributed by atoms with van der Waals surface area (Å²) < 4.78 is 0. The van der Waals surface area contributed by atoms with Crippen LogP contribution in [-0.4, -0.2) is 29.9 Å². The van der Waals surface area contributed by atoms with E-state index in [0.29, 0.717) is 11.8 Å². The number of halogens is 1. The van der Waals surface area contributed by atoms with Crippen LogP contribution in [-0.2, 0) is 4.79 Å². The average Bonchev–Trinajstić information content (AvgIpc) is 2.55. The molecule has 22 heavy (non-hydrogen) atoms. The molecule has 0 spiro atoms. The van der Waals surface area contributed by atoms with Gasteiger partial charge in [0.2, 0.25) is 5.91 Å². The van der Waals surface area contributed by atoms with E-state index in [1.165, 1.54) is 5.56 Å². The Bertz CT molecular complexity index is 480. The molecule has 0 aromatic heterocycles. The van der Waals surface area contributed by atoms with Crippen molar-refractivity contribution in [2.75, 3.05) is 13.1 Å². The number of piperidine rings is 1. The summed E-state index contributed by atoms with van der Waals surface area (Å²) in [7, 11) is 0. The summed E-state index contributed by atoms with van der Waals surface area (Å²) in [6.07, 6.45) is 3.86. The van der Waals surface area contributed by atoms with Gasteiger partial charge >= 0.3 is 0 Å². The summed E-state index contributed by atoms with van der Waals surface area (Å²) in [5.41, 5.74) is 7.40. The number of rotatable bonds is 5. The topological polar surface area (TPSA) is 46.3 Å². The highest BCUT2D eigenvalue weighted by Crippen LogP contribution is 2.29. The standard InChI is InChI=1S/C18H27ClN2O/c1-3-13(2)12-17(20)18(22)21-10-8-15(9-11-21)14-4-6-16(19)7-5-14/h4-7,13,15,17H,3,8-12,20H2,1-2H3. The van der Waals surface area contributed by atoms with E-state index in [9.17, 15) is 4.79 Å². The minimum absolute atomic E-state index is 0.120. The second-order valence-electron chi connectivity index (χ2n) is 6.51. The summed E-state index contributed by atoms with van der Waals surface area (Å²) in [5.74, 6) is 1.15. The summed E-state index contributed by atoms with van der Waals surface area (Å²) in [6, 6.07) is 7.73. The van der Waals surface area contributed by atoms with Gasteiger partial charge in [-0.3, -0.25) is 4.79 Å². The zero-order valence-electron chi connectivity index (χ0n) is 13.6. The molecule has 1 fully saturated rings. The second-order valence-corrected chi connectivity index (χ2v) is 6.94. The SMILES string of the molecule is CCC(C)CC(N)C(=O)N1CCC(c2ccc(Cl)cc2)CC1. The number of carbonyl (C=O) groups is 1. The number of nitrogens with two attached hydrogens (primary N) is 1. The minimum Gasteiger partial charge on any atom is -0.341 e. The zero-order valence-corrected chi connectivity index (χ0v) is 14.4. The van der Waals surface area contributed by atoms with Gasteiger partial charge in [0, 0.05) is 18.1 Å². The third kappa shape index (κ3) is 4.47. The van der Waals surface area contributed by atoms with Crippen molar-refractivity contribution < 1.29 is 4.79 Å². The van der Waals surface area contributed by atoms with Crippen molar-refractivity contribution in [1.29, 1.82) is 0 Å². The van der Waals surface area contributed by atoms with Crippen LogP contribution in [0, 0.1) is 5.92 Å². The largest absolute Gasteiger partial charge is 0.341 e. The first-order valence-electron chi connectivity index (χ1n) is 8.31. The molecule has 1 heterocycles. The maximum atomic E-state index is 12.4. The van der Waals surface area contributed by atoms with E-state index in [2.05, 4.69) is 26.0 Å². The van der Waals surface area contributed by atoms with E-state index in [4.69, 9.17) is 17.3 Å². The molecular formula is C18H27ClN2O. The fourth-order valence-electron chi connectivity index (χ4n) is 3.10. The van der Waals surface area contributed by atoms with Gasteiger partial charge in [-0.15, -0.1) is 0 Å². The molecule has 0 radical (unpaired) electrons. The number of amides is 1. The molecule has 1 saturated heterocycles. The number of likely N-dealkylation sites (tertiary alicyclic amines) is 1. The van der Waals surface area contributed by atoms with Gasteiger partial charge in [0.15, 0.2) is 0 Å². The molecule has 2 unspecified atom stereocenters. The highest BCUT2D eigenvalue weighted by atomic mass is 35.5. The smallest absolute Gasteiger partial charge is 0.239 e. The Morgan fingerprint density at radius 2 is 1.91 bits per heavy atom. The van der Waals surface area contributed by atoms with Crippen LogP contribution < -0.4 is 5.73 Å². The fourth-order valence-corrected chi connectivity index (χ4v) is 3.23. The fraction of sp³-hybridized carbons (Fsp3) is 0.611. The molecule has 0 bridgehead atoms. The predicted molar refractivity (Wildman–Crippen MR) is 92.1 cm³/mol. The number of carbonyl (C=O) groups excluding carboxylic acids is 1. The van der Waals surface area contributed by atoms with Crippen LogP contribution in [0.5, 0.6) is 0 Å². The first kappa shape index (κ1) is 17.3. The molecule has 2 atom stereocenters. The maximum absolute atomic E-state index is 12.4. The molecule has 4 heteroatoms. The van der Waals surface area contributed by atoms with Crippen molar-refractivity contribution in [3.05, 3.63) is 34.9 Å². The number of benzene rings is 1. The van der Waals surface area contributed by atoms with Crippen molar-refractivity contribution in [2.45, 2.75) is 51.5 Å². The highest BCUT2D eigenvalue weighted by Gasteiger charge is 2.27. The lowest BCUT2D eigenvalue weighted by Crippen LogP contribution is -2.47. The molecule has 2 N–H and O–H groups in total. The summed E-state index contributed by atoms with van der Waals surface area (Å²) in [4.78, 5) is 14.4. The van der Waals surface area contributed by atoms with Crippen LogP contribution in [0.3, 0.4) is 0 Å². The Morgan fingerprint density at radius 1 is 1.32 bits per heavy atom. The molecule has 1 aliphatic heterocycles. The number of hydrogen-bond acceptors (Lipinski definition) is 2. The van der Waals surface area contributed by atoms with E-state index in [1.807, 2.05) is 17.0 Å². The van der Waals surface area contributed by atoms with Crippen molar-refractivity contribution in [3.8, 4) is 0 Å². The Morgan fingerprint density at radius 3 is 2.45 bits per heavy atom. The zero-order chi connectivity index (χ0) is 16.1. The molecule has 1 aromatic carbocycles. The summed E-state index contributed by atoms with van der Waals surface area (Å²) >= 11 is 5.94. The van der Waals surface area contributed by atoms with E-state index >= 15 is 0 Å². The van der Waals surface area contributed by atoms with Crippen LogP contribution in [0.2, 0.25) is 5.02 Å². The van der Waals surface area contributed by atoms with Crippen molar-refractivity contribution in [3.63, 3.8) is 0 Å². The average molecular weight is 323 g/mol. The Labute approximate surface area is 138 Å². The Balaban J connectivity index is 1.86. The van der Waals surface area contributed by atoms with Gasteiger partial charge in [0.1, 0.15) is 0 Å². The van der Waals surface area contributed by atoms with Gasteiger partial charge in [-0.2, -0.15) is 0 Å². The van der Waals surface area contributed by atoms with Crippen molar-refractivity contribution in [2.24, 2.45) is 11.7 Å².